The van der Waals surface area contributed by atoms with Gasteiger partial charge >= 0.3 is 0 Å². The van der Waals surface area contributed by atoms with Crippen LogP contribution in [0.25, 0.3) is 0 Å². The predicted molar refractivity (Wildman–Crippen MR) is 92.0 cm³/mol. The predicted octanol–water partition coefficient (Wildman–Crippen LogP) is 3.61. The summed E-state index contributed by atoms with van der Waals surface area (Å²) in [4.78, 5) is 12.3. The summed E-state index contributed by atoms with van der Waals surface area (Å²) >= 11 is 2.12. The number of halogens is 1. The number of rotatable bonds is 2. The summed E-state index contributed by atoms with van der Waals surface area (Å²) < 4.78 is 0.908. The van der Waals surface area contributed by atoms with E-state index in [-0.39, 0.29) is 17.2 Å². The lowest BCUT2D eigenvalue weighted by molar-refractivity contribution is 0.102. The van der Waals surface area contributed by atoms with Gasteiger partial charge in [-0.2, -0.15) is 0 Å². The maximum Gasteiger partial charge on any atom is 0.259 e. The first kappa shape index (κ1) is 14.2. The normalized spacial score (nSPS) is 13.2. The lowest BCUT2D eigenvalue weighted by Gasteiger charge is -2.19. The van der Waals surface area contributed by atoms with Crippen molar-refractivity contribution in [2.45, 2.75) is 12.8 Å². The fourth-order valence-corrected chi connectivity index (χ4v) is 2.93. The van der Waals surface area contributed by atoms with Gasteiger partial charge in [-0.05, 0) is 77.4 Å². The number of aryl methyl sites for hydroxylation is 1. The molecule has 1 aliphatic heterocycles. The van der Waals surface area contributed by atoms with Crippen molar-refractivity contribution in [3.63, 3.8) is 0 Å². The number of fused-ring (bicyclic) bond motifs is 1. The quantitative estimate of drug-likeness (QED) is 0.683. The van der Waals surface area contributed by atoms with Gasteiger partial charge in [0.1, 0.15) is 5.75 Å². The van der Waals surface area contributed by atoms with Gasteiger partial charge in [-0.3, -0.25) is 4.79 Å². The summed E-state index contributed by atoms with van der Waals surface area (Å²) in [6.45, 7) is 0.995. The Labute approximate surface area is 136 Å². The number of phenols is 1. The van der Waals surface area contributed by atoms with Gasteiger partial charge in [0.05, 0.1) is 5.56 Å². The van der Waals surface area contributed by atoms with Crippen molar-refractivity contribution in [1.82, 2.24) is 0 Å². The van der Waals surface area contributed by atoms with E-state index in [1.165, 1.54) is 11.6 Å². The van der Waals surface area contributed by atoms with Crippen LogP contribution < -0.4 is 10.6 Å². The van der Waals surface area contributed by atoms with E-state index in [0.29, 0.717) is 0 Å². The molecule has 0 spiro atoms. The molecular formula is C16H15IN2O2. The number of hydrogen-bond donors (Lipinski definition) is 3. The Morgan fingerprint density at radius 3 is 2.95 bits per heavy atom. The summed E-state index contributed by atoms with van der Waals surface area (Å²) in [5, 5.41) is 16.0. The lowest BCUT2D eigenvalue weighted by Crippen LogP contribution is -2.15. The number of hydrogen-bond acceptors (Lipinski definition) is 3. The highest BCUT2D eigenvalue weighted by Gasteiger charge is 2.14. The SMILES string of the molecule is O=C(Nc1ccc2c(c1)CCCN2)c1cc(I)ccc1O. The number of anilines is 2. The minimum Gasteiger partial charge on any atom is -0.507 e. The van der Waals surface area contributed by atoms with Gasteiger partial charge in [-0.25, -0.2) is 0 Å². The molecule has 3 rings (SSSR count). The topological polar surface area (TPSA) is 61.4 Å². The second-order valence-corrected chi connectivity index (χ2v) is 6.26. The molecule has 5 heteroatoms. The van der Waals surface area contributed by atoms with Crippen LogP contribution in [0.2, 0.25) is 0 Å². The Bertz CT molecular complexity index is 701. The average molecular weight is 394 g/mol. The van der Waals surface area contributed by atoms with Crippen molar-refractivity contribution < 1.29 is 9.90 Å². The van der Waals surface area contributed by atoms with Crippen LogP contribution >= 0.6 is 22.6 Å². The molecule has 4 nitrogen and oxygen atoms in total. The molecule has 1 amide bonds. The molecule has 0 atom stereocenters. The molecule has 1 heterocycles. The molecular weight excluding hydrogens is 379 g/mol. The summed E-state index contributed by atoms with van der Waals surface area (Å²) in [7, 11) is 0. The van der Waals surface area contributed by atoms with Gasteiger partial charge in [0.2, 0.25) is 0 Å². The summed E-state index contributed by atoms with van der Waals surface area (Å²) in [6, 6.07) is 10.8. The fourth-order valence-electron chi connectivity index (χ4n) is 2.44. The van der Waals surface area contributed by atoms with Crippen LogP contribution in [-0.2, 0) is 6.42 Å². The highest BCUT2D eigenvalue weighted by atomic mass is 127. The van der Waals surface area contributed by atoms with Crippen molar-refractivity contribution in [3.05, 3.63) is 51.1 Å². The third-order valence-corrected chi connectivity index (χ3v) is 4.18. The molecule has 2 aromatic rings. The molecule has 108 valence electrons. The molecule has 0 bridgehead atoms. The molecule has 2 aromatic carbocycles. The van der Waals surface area contributed by atoms with Crippen LogP contribution in [0.1, 0.15) is 22.3 Å². The van der Waals surface area contributed by atoms with E-state index in [1.54, 1.807) is 12.1 Å². The van der Waals surface area contributed by atoms with Gasteiger partial charge in [0.15, 0.2) is 0 Å². The molecule has 0 aromatic heterocycles. The third-order valence-electron chi connectivity index (χ3n) is 3.50. The Morgan fingerprint density at radius 1 is 1.24 bits per heavy atom. The Kier molecular flexibility index (Phi) is 4.01. The Hall–Kier alpha value is -1.76. The molecule has 0 saturated carbocycles. The Morgan fingerprint density at radius 2 is 2.10 bits per heavy atom. The van der Waals surface area contributed by atoms with Gasteiger partial charge < -0.3 is 15.7 Å². The van der Waals surface area contributed by atoms with Crippen molar-refractivity contribution in [2.24, 2.45) is 0 Å². The van der Waals surface area contributed by atoms with Crippen molar-refractivity contribution in [3.8, 4) is 5.75 Å². The van der Waals surface area contributed by atoms with E-state index in [4.69, 9.17) is 0 Å². The maximum absolute atomic E-state index is 12.3. The van der Waals surface area contributed by atoms with E-state index in [9.17, 15) is 9.90 Å². The molecule has 0 saturated heterocycles. The van der Waals surface area contributed by atoms with E-state index in [2.05, 4.69) is 33.2 Å². The van der Waals surface area contributed by atoms with E-state index >= 15 is 0 Å². The van der Waals surface area contributed by atoms with E-state index in [1.807, 2.05) is 18.2 Å². The highest BCUT2D eigenvalue weighted by molar-refractivity contribution is 14.1. The fraction of sp³-hybridized carbons (Fsp3) is 0.188. The molecule has 0 fully saturated rings. The minimum absolute atomic E-state index is 0.00690. The number of phenolic OH excluding ortho intramolecular Hbond substituents is 1. The summed E-state index contributed by atoms with van der Waals surface area (Å²) in [6.07, 6.45) is 2.11. The van der Waals surface area contributed by atoms with Crippen LogP contribution in [0.15, 0.2) is 36.4 Å². The Balaban J connectivity index is 1.83. The molecule has 1 aliphatic rings. The highest BCUT2D eigenvalue weighted by Crippen LogP contribution is 2.26. The molecule has 0 aliphatic carbocycles. The largest absolute Gasteiger partial charge is 0.507 e. The monoisotopic (exact) mass is 394 g/mol. The minimum atomic E-state index is -0.297. The van der Waals surface area contributed by atoms with Crippen LogP contribution in [0.5, 0.6) is 5.75 Å². The zero-order valence-electron chi connectivity index (χ0n) is 11.3. The van der Waals surface area contributed by atoms with Crippen LogP contribution in [0.4, 0.5) is 11.4 Å². The first-order valence-corrected chi connectivity index (χ1v) is 7.88. The zero-order valence-corrected chi connectivity index (χ0v) is 13.5. The standard InChI is InChI=1S/C16H15IN2O2/c17-11-3-6-15(20)13(9-11)16(21)19-12-4-5-14-10(8-12)2-1-7-18-14/h3-6,8-9,18,20H,1-2,7H2,(H,19,21). The number of carbonyl (C=O) groups is 1. The number of amides is 1. The second-order valence-electron chi connectivity index (χ2n) is 5.02. The third kappa shape index (κ3) is 3.12. The first-order chi connectivity index (χ1) is 10.1. The molecule has 3 N–H and O–H groups in total. The smallest absolute Gasteiger partial charge is 0.259 e. The summed E-state index contributed by atoms with van der Waals surface area (Å²) in [5.41, 5.74) is 3.39. The van der Waals surface area contributed by atoms with Gasteiger partial charge in [-0.15, -0.1) is 0 Å². The number of carbonyl (C=O) groups excluding carboxylic acids is 1. The number of nitrogens with one attached hydrogen (secondary N) is 2. The maximum atomic E-state index is 12.3. The van der Waals surface area contributed by atoms with Gasteiger partial charge in [-0.1, -0.05) is 0 Å². The van der Waals surface area contributed by atoms with Crippen LogP contribution in [0.3, 0.4) is 0 Å². The number of benzene rings is 2. The van der Waals surface area contributed by atoms with Crippen molar-refractivity contribution in [2.75, 3.05) is 17.2 Å². The van der Waals surface area contributed by atoms with Gasteiger partial charge in [0, 0.05) is 21.5 Å². The van der Waals surface area contributed by atoms with Gasteiger partial charge in [0.25, 0.3) is 5.91 Å². The molecule has 0 unspecified atom stereocenters. The average Bonchev–Trinajstić information content (AvgIpc) is 2.49. The van der Waals surface area contributed by atoms with Crippen molar-refractivity contribution in [1.29, 1.82) is 0 Å². The first-order valence-electron chi connectivity index (χ1n) is 6.80. The van der Waals surface area contributed by atoms with E-state index < -0.39 is 0 Å². The van der Waals surface area contributed by atoms with Crippen LogP contribution in [0, 0.1) is 3.57 Å². The number of aromatic hydroxyl groups is 1. The molecule has 0 radical (unpaired) electrons. The lowest BCUT2D eigenvalue weighted by atomic mass is 10.0. The van der Waals surface area contributed by atoms with E-state index in [0.717, 1.165) is 34.3 Å². The van der Waals surface area contributed by atoms with Crippen LogP contribution in [-0.4, -0.2) is 17.6 Å². The summed E-state index contributed by atoms with van der Waals surface area (Å²) in [5.74, 6) is -0.303. The second kappa shape index (κ2) is 5.93. The molecule has 21 heavy (non-hydrogen) atoms. The zero-order chi connectivity index (χ0) is 14.8. The van der Waals surface area contributed by atoms with Crippen molar-refractivity contribution >= 4 is 39.9 Å².